The zero-order valence-corrected chi connectivity index (χ0v) is 10.1. The fourth-order valence-corrected chi connectivity index (χ4v) is 1.84. The van der Waals surface area contributed by atoms with E-state index in [2.05, 4.69) is 20.5 Å². The number of nitrogens with zero attached hydrogens (tertiary/aromatic N) is 5. The van der Waals surface area contributed by atoms with Crippen molar-refractivity contribution < 1.29 is 9.90 Å². The van der Waals surface area contributed by atoms with Gasteiger partial charge in [-0.2, -0.15) is 4.68 Å². The molecular weight excluding hydrogens is 234 g/mol. The monoisotopic (exact) mass is 247 g/mol. The Morgan fingerprint density at radius 1 is 1.56 bits per heavy atom. The molecule has 94 valence electrons. The topological polar surface area (TPSA) is 93.8 Å². The molecular formula is C11H13N5O2. The van der Waals surface area contributed by atoms with E-state index in [1.807, 2.05) is 13.8 Å². The molecule has 2 aromatic rings. The second-order valence-electron chi connectivity index (χ2n) is 3.95. The molecule has 7 nitrogen and oxygen atoms in total. The van der Waals surface area contributed by atoms with Crippen LogP contribution in [0.5, 0.6) is 0 Å². The summed E-state index contributed by atoms with van der Waals surface area (Å²) in [5.41, 5.74) is 1.59. The van der Waals surface area contributed by atoms with Crippen LogP contribution in [-0.2, 0) is 4.79 Å². The van der Waals surface area contributed by atoms with Gasteiger partial charge in [-0.05, 0) is 41.0 Å². The third-order valence-corrected chi connectivity index (χ3v) is 2.80. The van der Waals surface area contributed by atoms with E-state index in [-0.39, 0.29) is 0 Å². The maximum absolute atomic E-state index is 11.1. The number of aromatic nitrogens is 5. The summed E-state index contributed by atoms with van der Waals surface area (Å²) < 4.78 is 1.43. The number of hydrogen-bond acceptors (Lipinski definition) is 5. The van der Waals surface area contributed by atoms with Gasteiger partial charge in [0.15, 0.2) is 5.82 Å². The summed E-state index contributed by atoms with van der Waals surface area (Å²) in [5, 5.41) is 19.9. The lowest BCUT2D eigenvalue weighted by atomic mass is 9.94. The third kappa shape index (κ3) is 2.20. The summed E-state index contributed by atoms with van der Waals surface area (Å²) in [6.45, 7) is 3.70. The summed E-state index contributed by atoms with van der Waals surface area (Å²) in [5.74, 6) is -0.792. The van der Waals surface area contributed by atoms with Crippen LogP contribution in [0, 0.1) is 6.92 Å². The molecule has 0 bridgehead atoms. The highest BCUT2D eigenvalue weighted by Gasteiger charge is 2.20. The van der Waals surface area contributed by atoms with Gasteiger partial charge in [-0.1, -0.05) is 6.92 Å². The van der Waals surface area contributed by atoms with Gasteiger partial charge in [-0.3, -0.25) is 4.79 Å². The number of carboxylic acids is 1. The average molecular weight is 247 g/mol. The number of carboxylic acid groups (broad SMARTS) is 1. The van der Waals surface area contributed by atoms with Crippen molar-refractivity contribution in [2.24, 2.45) is 0 Å². The van der Waals surface area contributed by atoms with Crippen molar-refractivity contribution in [2.45, 2.75) is 26.2 Å². The fraction of sp³-hybridized carbons (Fsp3) is 0.364. The highest BCUT2D eigenvalue weighted by Crippen LogP contribution is 2.23. The first kappa shape index (κ1) is 12.2. The quantitative estimate of drug-likeness (QED) is 0.864. The minimum atomic E-state index is -0.836. The van der Waals surface area contributed by atoms with Gasteiger partial charge in [0.05, 0.1) is 5.92 Å². The molecule has 7 heteroatoms. The van der Waals surface area contributed by atoms with Gasteiger partial charge in [0, 0.05) is 6.20 Å². The highest BCUT2D eigenvalue weighted by molar-refractivity contribution is 5.76. The van der Waals surface area contributed by atoms with Crippen LogP contribution in [0.25, 0.3) is 5.82 Å². The Morgan fingerprint density at radius 3 is 2.83 bits per heavy atom. The Hall–Kier alpha value is -2.31. The van der Waals surface area contributed by atoms with Crippen molar-refractivity contribution >= 4 is 5.97 Å². The molecule has 1 unspecified atom stereocenters. The number of pyridine rings is 1. The summed E-state index contributed by atoms with van der Waals surface area (Å²) in [4.78, 5) is 15.3. The molecule has 1 N–H and O–H groups in total. The van der Waals surface area contributed by atoms with Crippen molar-refractivity contribution in [1.29, 1.82) is 0 Å². The molecule has 0 aromatic carbocycles. The molecule has 0 amide bonds. The van der Waals surface area contributed by atoms with Gasteiger partial charge < -0.3 is 5.11 Å². The van der Waals surface area contributed by atoms with Crippen LogP contribution in [-0.4, -0.2) is 36.3 Å². The Bertz CT molecular complexity index is 553. The lowest BCUT2D eigenvalue weighted by Crippen LogP contribution is -2.13. The molecule has 2 heterocycles. The standard InChI is InChI=1S/C11H13N5O2/c1-3-8(11(17)18)9-5-12-10(4-7(9)2)16-6-13-14-15-16/h4-6,8H,3H2,1-2H3,(H,17,18). The lowest BCUT2D eigenvalue weighted by Gasteiger charge is -2.13. The van der Waals surface area contributed by atoms with Crippen LogP contribution in [0.3, 0.4) is 0 Å². The second-order valence-corrected chi connectivity index (χ2v) is 3.95. The Labute approximate surface area is 103 Å². The van der Waals surface area contributed by atoms with E-state index in [4.69, 9.17) is 5.11 Å². The molecule has 2 aromatic heterocycles. The molecule has 2 rings (SSSR count). The highest BCUT2D eigenvalue weighted by atomic mass is 16.4. The number of tetrazole rings is 1. The summed E-state index contributed by atoms with van der Waals surface area (Å²) in [7, 11) is 0. The van der Waals surface area contributed by atoms with Crippen molar-refractivity contribution in [3.63, 3.8) is 0 Å². The fourth-order valence-electron chi connectivity index (χ4n) is 1.84. The lowest BCUT2D eigenvalue weighted by molar-refractivity contribution is -0.138. The Kier molecular flexibility index (Phi) is 3.31. The van der Waals surface area contributed by atoms with Gasteiger partial charge in [-0.15, -0.1) is 5.10 Å². The molecule has 0 aliphatic rings. The molecule has 0 aliphatic carbocycles. The van der Waals surface area contributed by atoms with E-state index in [0.29, 0.717) is 12.2 Å². The van der Waals surface area contributed by atoms with Crippen LogP contribution in [0.2, 0.25) is 0 Å². The minimum Gasteiger partial charge on any atom is -0.481 e. The molecule has 0 radical (unpaired) electrons. The normalized spacial score (nSPS) is 12.3. The van der Waals surface area contributed by atoms with Crippen LogP contribution in [0.4, 0.5) is 0 Å². The second kappa shape index (κ2) is 4.91. The zero-order valence-electron chi connectivity index (χ0n) is 10.1. The van der Waals surface area contributed by atoms with Gasteiger partial charge >= 0.3 is 5.97 Å². The van der Waals surface area contributed by atoms with E-state index in [1.54, 1.807) is 12.3 Å². The van der Waals surface area contributed by atoms with E-state index in [1.165, 1.54) is 11.0 Å². The smallest absolute Gasteiger partial charge is 0.311 e. The number of aliphatic carboxylic acids is 1. The van der Waals surface area contributed by atoms with Crippen molar-refractivity contribution in [3.8, 4) is 5.82 Å². The number of aryl methyl sites for hydroxylation is 1. The van der Waals surface area contributed by atoms with E-state index in [9.17, 15) is 4.79 Å². The van der Waals surface area contributed by atoms with Crippen molar-refractivity contribution in [1.82, 2.24) is 25.2 Å². The molecule has 0 fully saturated rings. The van der Waals surface area contributed by atoms with Gasteiger partial charge in [0.2, 0.25) is 0 Å². The summed E-state index contributed by atoms with van der Waals surface area (Å²) in [6.07, 6.45) is 3.55. The largest absolute Gasteiger partial charge is 0.481 e. The van der Waals surface area contributed by atoms with Crippen LogP contribution in [0.1, 0.15) is 30.4 Å². The number of rotatable bonds is 4. The Balaban J connectivity index is 2.39. The van der Waals surface area contributed by atoms with Crippen molar-refractivity contribution in [2.75, 3.05) is 0 Å². The number of carbonyl (C=O) groups is 1. The first-order valence-corrected chi connectivity index (χ1v) is 5.56. The Morgan fingerprint density at radius 2 is 2.33 bits per heavy atom. The summed E-state index contributed by atoms with van der Waals surface area (Å²) in [6, 6.07) is 1.78. The van der Waals surface area contributed by atoms with Crippen LogP contribution in [0.15, 0.2) is 18.6 Å². The minimum absolute atomic E-state index is 0.527. The molecule has 0 aliphatic heterocycles. The van der Waals surface area contributed by atoms with Crippen LogP contribution >= 0.6 is 0 Å². The predicted molar refractivity (Wildman–Crippen MR) is 62.4 cm³/mol. The van der Waals surface area contributed by atoms with Crippen LogP contribution < -0.4 is 0 Å². The first-order valence-electron chi connectivity index (χ1n) is 5.56. The SMILES string of the molecule is CCC(C(=O)O)c1cnc(-n2cnnn2)cc1C. The average Bonchev–Trinajstić information content (AvgIpc) is 2.85. The zero-order chi connectivity index (χ0) is 13.1. The maximum Gasteiger partial charge on any atom is 0.311 e. The summed E-state index contributed by atoms with van der Waals surface area (Å²) >= 11 is 0. The van der Waals surface area contributed by atoms with Gasteiger partial charge in [0.1, 0.15) is 6.33 Å². The first-order chi connectivity index (χ1) is 8.63. The molecule has 0 saturated heterocycles. The maximum atomic E-state index is 11.1. The van der Waals surface area contributed by atoms with Gasteiger partial charge in [-0.25, -0.2) is 4.98 Å². The molecule has 0 spiro atoms. The third-order valence-electron chi connectivity index (χ3n) is 2.80. The predicted octanol–water partition coefficient (Wildman–Crippen LogP) is 0.944. The molecule has 1 atom stereocenters. The molecule has 0 saturated carbocycles. The van der Waals surface area contributed by atoms with E-state index in [0.717, 1.165) is 11.1 Å². The van der Waals surface area contributed by atoms with E-state index < -0.39 is 11.9 Å². The van der Waals surface area contributed by atoms with E-state index >= 15 is 0 Å². The molecule has 18 heavy (non-hydrogen) atoms. The number of hydrogen-bond donors (Lipinski definition) is 1. The van der Waals surface area contributed by atoms with Gasteiger partial charge in [0.25, 0.3) is 0 Å². The van der Waals surface area contributed by atoms with Crippen molar-refractivity contribution in [3.05, 3.63) is 29.7 Å².